The molecule has 0 saturated carbocycles. The number of benzene rings is 1. The van der Waals surface area contributed by atoms with Crippen molar-refractivity contribution in [3.05, 3.63) is 32.8 Å². The van der Waals surface area contributed by atoms with Gasteiger partial charge >= 0.3 is 0 Å². The summed E-state index contributed by atoms with van der Waals surface area (Å²) in [4.78, 5) is 0. The van der Waals surface area contributed by atoms with Gasteiger partial charge in [-0.05, 0) is 30.5 Å². The Morgan fingerprint density at radius 2 is 1.86 bits per heavy atom. The molecule has 1 atom stereocenters. The summed E-state index contributed by atoms with van der Waals surface area (Å²) in [5.41, 5.74) is 0.927. The lowest BCUT2D eigenvalue weighted by atomic mass is 10.1. The smallest absolute Gasteiger partial charge is 0.0813 e. The van der Waals surface area contributed by atoms with Gasteiger partial charge in [0.1, 0.15) is 0 Å². The van der Waals surface area contributed by atoms with Crippen molar-refractivity contribution in [1.82, 2.24) is 0 Å². The summed E-state index contributed by atoms with van der Waals surface area (Å²) in [6.07, 6.45) is 2.17. The fourth-order valence-corrected chi connectivity index (χ4v) is 2.07. The molecule has 1 aliphatic rings. The molecule has 0 radical (unpaired) electrons. The Morgan fingerprint density at radius 1 is 1.21 bits per heavy atom. The average molecular weight is 252 g/mol. The van der Waals surface area contributed by atoms with Crippen molar-refractivity contribution >= 4 is 34.8 Å². The Morgan fingerprint density at radius 3 is 2.50 bits per heavy atom. The zero-order chi connectivity index (χ0) is 10.1. The average Bonchev–Trinajstić information content (AvgIpc) is 2.95. The predicted octanol–water partition coefficient (Wildman–Crippen LogP) is 3.98. The molecule has 2 rings (SSSR count). The van der Waals surface area contributed by atoms with E-state index < -0.39 is 0 Å². The van der Waals surface area contributed by atoms with Crippen LogP contribution in [0.4, 0.5) is 0 Å². The Bertz CT molecular complexity index is 347. The molecular weight excluding hydrogens is 242 g/mol. The number of hydrogen-bond donors (Lipinski definition) is 0. The normalized spacial score (nSPS) is 19.8. The molecule has 76 valence electrons. The van der Waals surface area contributed by atoms with E-state index in [2.05, 4.69) is 0 Å². The zero-order valence-corrected chi connectivity index (χ0v) is 9.66. The van der Waals surface area contributed by atoms with Crippen LogP contribution in [0.15, 0.2) is 12.1 Å². The van der Waals surface area contributed by atoms with Crippen LogP contribution < -0.4 is 0 Å². The summed E-state index contributed by atoms with van der Waals surface area (Å²) in [7, 11) is 0. The Kier molecular flexibility index (Phi) is 3.23. The molecular formula is C10H9Cl3O. The number of epoxide rings is 1. The molecule has 1 saturated heterocycles. The van der Waals surface area contributed by atoms with E-state index in [4.69, 9.17) is 39.5 Å². The van der Waals surface area contributed by atoms with Gasteiger partial charge in [0.05, 0.1) is 22.8 Å². The molecule has 0 aromatic heterocycles. The largest absolute Gasteiger partial charge is 0.373 e. The molecule has 0 aliphatic carbocycles. The van der Waals surface area contributed by atoms with E-state index in [1.165, 1.54) is 0 Å². The van der Waals surface area contributed by atoms with E-state index >= 15 is 0 Å². The monoisotopic (exact) mass is 250 g/mol. The Balaban J connectivity index is 2.16. The van der Waals surface area contributed by atoms with Gasteiger partial charge in [-0.3, -0.25) is 0 Å². The molecule has 1 nitrogen and oxygen atoms in total. The van der Waals surface area contributed by atoms with Gasteiger partial charge in [0.2, 0.25) is 0 Å². The molecule has 4 heteroatoms. The van der Waals surface area contributed by atoms with Gasteiger partial charge in [0, 0.05) is 5.02 Å². The third-order valence-electron chi connectivity index (χ3n) is 2.26. The highest BCUT2D eigenvalue weighted by atomic mass is 35.5. The molecule has 14 heavy (non-hydrogen) atoms. The maximum Gasteiger partial charge on any atom is 0.0813 e. The second-order valence-corrected chi connectivity index (χ2v) is 4.51. The molecule has 1 unspecified atom stereocenters. The van der Waals surface area contributed by atoms with Gasteiger partial charge in [-0.15, -0.1) is 0 Å². The second-order valence-electron chi connectivity index (χ2n) is 3.32. The molecule has 0 amide bonds. The van der Waals surface area contributed by atoms with E-state index in [-0.39, 0.29) is 0 Å². The van der Waals surface area contributed by atoms with Crippen molar-refractivity contribution in [3.63, 3.8) is 0 Å². The molecule has 0 bridgehead atoms. The highest BCUT2D eigenvalue weighted by Gasteiger charge is 2.23. The lowest BCUT2D eigenvalue weighted by molar-refractivity contribution is 0.397. The molecule has 0 spiro atoms. The van der Waals surface area contributed by atoms with Crippen LogP contribution in [-0.2, 0) is 11.2 Å². The summed E-state index contributed by atoms with van der Waals surface area (Å²) in [5.74, 6) is 0. The van der Waals surface area contributed by atoms with Crippen molar-refractivity contribution in [2.24, 2.45) is 0 Å². The van der Waals surface area contributed by atoms with Crippen molar-refractivity contribution in [2.75, 3.05) is 6.61 Å². The first-order chi connectivity index (χ1) is 6.68. The van der Waals surface area contributed by atoms with Gasteiger partial charge in [-0.2, -0.15) is 0 Å². The van der Waals surface area contributed by atoms with Crippen molar-refractivity contribution in [1.29, 1.82) is 0 Å². The van der Waals surface area contributed by atoms with Crippen molar-refractivity contribution < 1.29 is 4.74 Å². The van der Waals surface area contributed by atoms with Gasteiger partial charge < -0.3 is 4.74 Å². The summed E-state index contributed by atoms with van der Waals surface area (Å²) >= 11 is 18.0. The van der Waals surface area contributed by atoms with E-state index in [9.17, 15) is 0 Å². The van der Waals surface area contributed by atoms with Gasteiger partial charge in [-0.25, -0.2) is 0 Å². The lowest BCUT2D eigenvalue weighted by Crippen LogP contribution is -1.93. The third kappa shape index (κ3) is 2.34. The fourth-order valence-electron chi connectivity index (χ4n) is 1.34. The minimum Gasteiger partial charge on any atom is -0.373 e. The fraction of sp³-hybridized carbons (Fsp3) is 0.400. The number of rotatable bonds is 3. The first kappa shape index (κ1) is 10.6. The molecule has 1 aromatic carbocycles. The second kappa shape index (κ2) is 4.28. The maximum atomic E-state index is 6.05. The SMILES string of the molecule is Clc1ccc(Cl)c(CCC2CO2)c1Cl. The van der Waals surface area contributed by atoms with Crippen LogP contribution in [0.5, 0.6) is 0 Å². The van der Waals surface area contributed by atoms with Crippen LogP contribution in [0, 0.1) is 0 Å². The van der Waals surface area contributed by atoms with Crippen LogP contribution >= 0.6 is 34.8 Å². The predicted molar refractivity (Wildman–Crippen MR) is 59.5 cm³/mol. The molecule has 1 heterocycles. The molecule has 1 aromatic rings. The number of ether oxygens (including phenoxy) is 1. The van der Waals surface area contributed by atoms with Gasteiger partial charge in [0.15, 0.2) is 0 Å². The quantitative estimate of drug-likeness (QED) is 0.585. The minimum atomic E-state index is 0.390. The van der Waals surface area contributed by atoms with Crippen molar-refractivity contribution in [2.45, 2.75) is 18.9 Å². The summed E-state index contributed by atoms with van der Waals surface area (Å²) < 4.78 is 5.12. The van der Waals surface area contributed by atoms with Crippen molar-refractivity contribution in [3.8, 4) is 0 Å². The topological polar surface area (TPSA) is 12.5 Å². The van der Waals surface area contributed by atoms with Gasteiger partial charge in [0.25, 0.3) is 0 Å². The summed E-state index contributed by atoms with van der Waals surface area (Å²) in [5, 5.41) is 1.81. The first-order valence-electron chi connectivity index (χ1n) is 4.42. The molecule has 1 fully saturated rings. The molecule has 0 N–H and O–H groups in total. The highest BCUT2D eigenvalue weighted by molar-refractivity contribution is 6.44. The van der Waals surface area contributed by atoms with Crippen LogP contribution in [-0.4, -0.2) is 12.7 Å². The van der Waals surface area contributed by atoms with E-state index in [1.54, 1.807) is 12.1 Å². The Labute approximate surface area is 97.9 Å². The van der Waals surface area contributed by atoms with Crippen LogP contribution in [0.25, 0.3) is 0 Å². The number of halogens is 3. The maximum absolute atomic E-state index is 6.05. The van der Waals surface area contributed by atoms with E-state index in [1.807, 2.05) is 0 Å². The van der Waals surface area contributed by atoms with Crippen LogP contribution in [0.2, 0.25) is 15.1 Å². The minimum absolute atomic E-state index is 0.390. The third-order valence-corrected chi connectivity index (χ3v) is 3.46. The standard InChI is InChI=1S/C10H9Cl3O/c11-8-3-4-9(12)10(13)7(8)2-1-6-5-14-6/h3-4,6H,1-2,5H2. The van der Waals surface area contributed by atoms with Gasteiger partial charge in [-0.1, -0.05) is 34.8 Å². The number of hydrogen-bond acceptors (Lipinski definition) is 1. The van der Waals surface area contributed by atoms with E-state index in [0.29, 0.717) is 21.2 Å². The van der Waals surface area contributed by atoms with Crippen LogP contribution in [0.3, 0.4) is 0 Å². The first-order valence-corrected chi connectivity index (χ1v) is 5.56. The lowest BCUT2D eigenvalue weighted by Gasteiger charge is -2.07. The van der Waals surface area contributed by atoms with E-state index in [0.717, 1.165) is 25.0 Å². The zero-order valence-electron chi connectivity index (χ0n) is 7.40. The summed E-state index contributed by atoms with van der Waals surface area (Å²) in [6, 6.07) is 3.49. The highest BCUT2D eigenvalue weighted by Crippen LogP contribution is 2.33. The van der Waals surface area contributed by atoms with Crippen LogP contribution in [0.1, 0.15) is 12.0 Å². The Hall–Kier alpha value is 0.0500. The summed E-state index contributed by atoms with van der Waals surface area (Å²) in [6.45, 7) is 0.857. The molecule has 1 aliphatic heterocycles.